The van der Waals surface area contributed by atoms with Crippen LogP contribution in [0.5, 0.6) is 0 Å². The van der Waals surface area contributed by atoms with Gasteiger partial charge in [-0.25, -0.2) is 4.98 Å². The second kappa shape index (κ2) is 4.71. The molecule has 1 heterocycles. The molecule has 4 nitrogen and oxygen atoms in total. The Balaban J connectivity index is 2.25. The smallest absolute Gasteiger partial charge is 0.104 e. The van der Waals surface area contributed by atoms with Gasteiger partial charge in [0, 0.05) is 6.04 Å². The lowest BCUT2D eigenvalue weighted by Crippen LogP contribution is -2.28. The fraction of sp³-hybridized carbons (Fsp3) is 0.500. The summed E-state index contributed by atoms with van der Waals surface area (Å²) < 4.78 is 0. The molecule has 0 saturated carbocycles. The number of fused-ring (bicyclic) bond motifs is 1. The van der Waals surface area contributed by atoms with Gasteiger partial charge in [-0.15, -0.1) is 0 Å². The van der Waals surface area contributed by atoms with Crippen molar-refractivity contribution in [3.63, 3.8) is 0 Å². The summed E-state index contributed by atoms with van der Waals surface area (Å²) in [7, 11) is 0. The van der Waals surface area contributed by atoms with E-state index in [9.17, 15) is 0 Å². The number of rotatable bonds is 4. The molecule has 0 spiro atoms. The fourth-order valence-corrected chi connectivity index (χ4v) is 2.18. The van der Waals surface area contributed by atoms with E-state index < -0.39 is 0 Å². The zero-order valence-corrected chi connectivity index (χ0v) is 11.3. The van der Waals surface area contributed by atoms with E-state index in [2.05, 4.69) is 35.9 Å². The first-order chi connectivity index (χ1) is 8.41. The topological polar surface area (TPSA) is 80.7 Å². The van der Waals surface area contributed by atoms with Crippen LogP contribution in [-0.2, 0) is 0 Å². The number of aromatic amines is 1. The second-order valence-corrected chi connectivity index (χ2v) is 5.78. The van der Waals surface area contributed by atoms with Gasteiger partial charge >= 0.3 is 0 Å². The standard InChI is InChI=1S/C14H22N4/c1-9-17-12-5-4-10(6-13(12)18-9)11(16)7-14(2,3)8-15/h4-6,11H,7-8,15-16H2,1-3H3,(H,17,18). The van der Waals surface area contributed by atoms with Gasteiger partial charge in [-0.1, -0.05) is 19.9 Å². The molecule has 0 amide bonds. The van der Waals surface area contributed by atoms with Crippen molar-refractivity contribution in [3.05, 3.63) is 29.6 Å². The van der Waals surface area contributed by atoms with Gasteiger partial charge in [0.25, 0.3) is 0 Å². The summed E-state index contributed by atoms with van der Waals surface area (Å²) in [4.78, 5) is 7.63. The lowest BCUT2D eigenvalue weighted by atomic mass is 9.84. The molecule has 1 unspecified atom stereocenters. The summed E-state index contributed by atoms with van der Waals surface area (Å²) in [5.41, 5.74) is 15.3. The van der Waals surface area contributed by atoms with Crippen LogP contribution in [0.15, 0.2) is 18.2 Å². The second-order valence-electron chi connectivity index (χ2n) is 5.78. The van der Waals surface area contributed by atoms with E-state index in [0.717, 1.165) is 28.8 Å². The molecule has 1 atom stereocenters. The summed E-state index contributed by atoms with van der Waals surface area (Å²) in [5.74, 6) is 0.929. The van der Waals surface area contributed by atoms with Crippen molar-refractivity contribution in [1.29, 1.82) is 0 Å². The number of nitrogens with two attached hydrogens (primary N) is 2. The normalized spacial score (nSPS) is 14.1. The monoisotopic (exact) mass is 246 g/mol. The number of benzene rings is 1. The third-order valence-corrected chi connectivity index (χ3v) is 3.38. The number of H-pyrrole nitrogens is 1. The number of hydrogen-bond donors (Lipinski definition) is 3. The number of hydrogen-bond acceptors (Lipinski definition) is 3. The highest BCUT2D eigenvalue weighted by atomic mass is 14.9. The van der Waals surface area contributed by atoms with Gasteiger partial charge < -0.3 is 16.5 Å². The quantitative estimate of drug-likeness (QED) is 0.774. The zero-order valence-electron chi connectivity index (χ0n) is 11.3. The van der Waals surface area contributed by atoms with Crippen molar-refractivity contribution in [2.45, 2.75) is 33.2 Å². The number of aromatic nitrogens is 2. The Bertz CT molecular complexity index is 542. The molecule has 0 radical (unpaired) electrons. The highest BCUT2D eigenvalue weighted by molar-refractivity contribution is 5.75. The predicted molar refractivity (Wildman–Crippen MR) is 75.2 cm³/mol. The molecule has 98 valence electrons. The molecule has 1 aromatic carbocycles. The van der Waals surface area contributed by atoms with Crippen molar-refractivity contribution >= 4 is 11.0 Å². The van der Waals surface area contributed by atoms with Gasteiger partial charge in [0.05, 0.1) is 11.0 Å². The third-order valence-electron chi connectivity index (χ3n) is 3.38. The number of nitrogens with one attached hydrogen (secondary N) is 1. The van der Waals surface area contributed by atoms with Gasteiger partial charge in [0.2, 0.25) is 0 Å². The number of aryl methyl sites for hydroxylation is 1. The average molecular weight is 246 g/mol. The van der Waals surface area contributed by atoms with Crippen LogP contribution in [0.3, 0.4) is 0 Å². The van der Waals surface area contributed by atoms with Gasteiger partial charge in [-0.2, -0.15) is 0 Å². The molecular weight excluding hydrogens is 224 g/mol. The Morgan fingerprint density at radius 3 is 2.78 bits per heavy atom. The maximum absolute atomic E-state index is 6.26. The molecule has 0 aliphatic carbocycles. The van der Waals surface area contributed by atoms with E-state index in [0.29, 0.717) is 6.54 Å². The molecule has 0 aliphatic heterocycles. The van der Waals surface area contributed by atoms with Crippen LogP contribution in [0, 0.1) is 12.3 Å². The van der Waals surface area contributed by atoms with E-state index in [1.54, 1.807) is 0 Å². The highest BCUT2D eigenvalue weighted by Crippen LogP contribution is 2.28. The lowest BCUT2D eigenvalue weighted by molar-refractivity contribution is 0.317. The molecule has 0 aliphatic rings. The molecular formula is C14H22N4. The SMILES string of the molecule is Cc1nc2ccc(C(N)CC(C)(C)CN)cc2[nH]1. The van der Waals surface area contributed by atoms with Crippen LogP contribution in [0.2, 0.25) is 0 Å². The Hall–Kier alpha value is -1.39. The Morgan fingerprint density at radius 2 is 2.11 bits per heavy atom. The molecule has 2 rings (SSSR count). The lowest BCUT2D eigenvalue weighted by Gasteiger charge is -2.26. The maximum Gasteiger partial charge on any atom is 0.104 e. The molecule has 0 saturated heterocycles. The van der Waals surface area contributed by atoms with Gasteiger partial charge in [-0.3, -0.25) is 0 Å². The van der Waals surface area contributed by atoms with E-state index >= 15 is 0 Å². The first-order valence-electron chi connectivity index (χ1n) is 6.33. The fourth-order valence-electron chi connectivity index (χ4n) is 2.18. The van der Waals surface area contributed by atoms with Crippen molar-refractivity contribution < 1.29 is 0 Å². The van der Waals surface area contributed by atoms with Crippen molar-refractivity contribution in [1.82, 2.24) is 9.97 Å². The Labute approximate surface area is 108 Å². The van der Waals surface area contributed by atoms with Crippen LogP contribution in [0.25, 0.3) is 11.0 Å². The van der Waals surface area contributed by atoms with Crippen LogP contribution in [0.1, 0.15) is 37.7 Å². The van der Waals surface area contributed by atoms with Crippen molar-refractivity contribution in [2.75, 3.05) is 6.54 Å². The van der Waals surface area contributed by atoms with Crippen molar-refractivity contribution in [3.8, 4) is 0 Å². The number of imidazole rings is 1. The van der Waals surface area contributed by atoms with Gasteiger partial charge in [0.15, 0.2) is 0 Å². The largest absolute Gasteiger partial charge is 0.342 e. The zero-order chi connectivity index (χ0) is 13.3. The summed E-state index contributed by atoms with van der Waals surface area (Å²) in [6.07, 6.45) is 0.877. The van der Waals surface area contributed by atoms with Gasteiger partial charge in [-0.05, 0) is 43.0 Å². The average Bonchev–Trinajstić information content (AvgIpc) is 2.67. The van der Waals surface area contributed by atoms with Crippen LogP contribution >= 0.6 is 0 Å². The minimum absolute atomic E-state index is 0.0107. The molecule has 0 fully saturated rings. The van der Waals surface area contributed by atoms with Crippen LogP contribution in [-0.4, -0.2) is 16.5 Å². The molecule has 5 N–H and O–H groups in total. The maximum atomic E-state index is 6.26. The van der Waals surface area contributed by atoms with E-state index in [1.165, 1.54) is 0 Å². The number of nitrogens with zero attached hydrogens (tertiary/aromatic N) is 1. The highest BCUT2D eigenvalue weighted by Gasteiger charge is 2.20. The summed E-state index contributed by atoms with van der Waals surface area (Å²) >= 11 is 0. The predicted octanol–water partition coefficient (Wildman–Crippen LogP) is 2.25. The first kappa shape index (κ1) is 13.1. The summed E-state index contributed by atoms with van der Waals surface area (Å²) in [6.45, 7) is 6.89. The minimum atomic E-state index is 0.0107. The molecule has 2 aromatic rings. The van der Waals surface area contributed by atoms with E-state index in [-0.39, 0.29) is 11.5 Å². The first-order valence-corrected chi connectivity index (χ1v) is 6.33. The Morgan fingerprint density at radius 1 is 1.39 bits per heavy atom. The Kier molecular flexibility index (Phi) is 3.41. The van der Waals surface area contributed by atoms with E-state index in [1.807, 2.05) is 13.0 Å². The molecule has 4 heteroatoms. The molecule has 1 aromatic heterocycles. The molecule has 18 heavy (non-hydrogen) atoms. The van der Waals surface area contributed by atoms with Crippen molar-refractivity contribution in [2.24, 2.45) is 16.9 Å². The minimum Gasteiger partial charge on any atom is -0.342 e. The third kappa shape index (κ3) is 2.71. The van der Waals surface area contributed by atoms with Crippen LogP contribution < -0.4 is 11.5 Å². The molecule has 0 bridgehead atoms. The van der Waals surface area contributed by atoms with Crippen LogP contribution in [0.4, 0.5) is 0 Å². The van der Waals surface area contributed by atoms with Gasteiger partial charge in [0.1, 0.15) is 5.82 Å². The van der Waals surface area contributed by atoms with E-state index in [4.69, 9.17) is 11.5 Å². The summed E-state index contributed by atoms with van der Waals surface area (Å²) in [5, 5.41) is 0. The summed E-state index contributed by atoms with van der Waals surface area (Å²) in [6, 6.07) is 6.17.